The van der Waals surface area contributed by atoms with E-state index in [0.717, 1.165) is 16.8 Å². The molecule has 0 bridgehead atoms. The highest BCUT2D eigenvalue weighted by molar-refractivity contribution is 14.1. The van der Waals surface area contributed by atoms with Gasteiger partial charge in [0.05, 0.1) is 6.10 Å². The molecule has 1 aromatic heterocycles. The van der Waals surface area contributed by atoms with Crippen molar-refractivity contribution in [1.82, 2.24) is 9.55 Å². The molecule has 2 heterocycles. The van der Waals surface area contributed by atoms with E-state index >= 15 is 0 Å². The lowest BCUT2D eigenvalue weighted by atomic mass is 9.97. The van der Waals surface area contributed by atoms with Gasteiger partial charge in [-0.1, -0.05) is 28.5 Å². The van der Waals surface area contributed by atoms with E-state index in [0.29, 0.717) is 4.43 Å². The summed E-state index contributed by atoms with van der Waals surface area (Å²) >= 11 is 1.92. The number of terminal acetylenes is 1. The number of alkyl halides is 2. The molecule has 0 aromatic carbocycles. The van der Waals surface area contributed by atoms with Crippen LogP contribution in [-0.4, -0.2) is 37.0 Å². The lowest BCUT2D eigenvalue weighted by Crippen LogP contribution is -2.44. The van der Waals surface area contributed by atoms with Gasteiger partial charge in [0.2, 0.25) is 5.67 Å². The molecule has 0 spiro atoms. The summed E-state index contributed by atoms with van der Waals surface area (Å²) in [5, 5.41) is 9.85. The highest BCUT2D eigenvalue weighted by Gasteiger charge is 2.57. The van der Waals surface area contributed by atoms with Crippen molar-refractivity contribution < 1.29 is 14.2 Å². The Bertz CT molecular complexity index is 637. The summed E-state index contributed by atoms with van der Waals surface area (Å²) in [7, 11) is 0. The van der Waals surface area contributed by atoms with Gasteiger partial charge in [0.25, 0.3) is 5.56 Å². The Balaban J connectivity index is 2.52. The Morgan fingerprint density at radius 2 is 2.37 bits per heavy atom. The fraction of sp³-hybridized carbons (Fsp3) is 0.455. The van der Waals surface area contributed by atoms with Crippen molar-refractivity contribution in [3.8, 4) is 12.3 Å². The molecule has 102 valence electrons. The fourth-order valence-corrected chi connectivity index (χ4v) is 2.60. The minimum absolute atomic E-state index is 0.306. The second-order valence-electron chi connectivity index (χ2n) is 4.06. The molecule has 6 nitrogen and oxygen atoms in total. The second-order valence-corrected chi connectivity index (χ2v) is 4.94. The first-order valence-electron chi connectivity index (χ1n) is 5.31. The highest BCUT2D eigenvalue weighted by Crippen LogP contribution is 2.40. The monoisotopic (exact) mass is 380 g/mol. The molecule has 1 aliphatic heterocycles. The number of ether oxygens (including phenoxy) is 1. The second kappa shape index (κ2) is 5.07. The summed E-state index contributed by atoms with van der Waals surface area (Å²) in [5.74, 6) is 1.85. The van der Waals surface area contributed by atoms with Crippen molar-refractivity contribution in [2.75, 3.05) is 4.43 Å². The van der Waals surface area contributed by atoms with Crippen LogP contribution in [0.5, 0.6) is 0 Å². The van der Waals surface area contributed by atoms with Gasteiger partial charge in [-0.25, -0.2) is 9.18 Å². The number of hydrogen-bond donors (Lipinski definition) is 2. The number of rotatable bonds is 2. The first kappa shape index (κ1) is 14.2. The quantitative estimate of drug-likeness (QED) is 0.415. The molecule has 2 N–H and O–H groups in total. The van der Waals surface area contributed by atoms with Crippen LogP contribution in [0.3, 0.4) is 0 Å². The van der Waals surface area contributed by atoms with Gasteiger partial charge in [0, 0.05) is 16.7 Å². The lowest BCUT2D eigenvalue weighted by molar-refractivity contribution is -0.0304. The van der Waals surface area contributed by atoms with Crippen LogP contribution in [0.1, 0.15) is 6.23 Å². The molecule has 8 heteroatoms. The van der Waals surface area contributed by atoms with Gasteiger partial charge >= 0.3 is 5.69 Å². The molecule has 1 aromatic rings. The molecule has 4 atom stereocenters. The van der Waals surface area contributed by atoms with Gasteiger partial charge in [0.15, 0.2) is 6.23 Å². The number of aromatic nitrogens is 2. The first-order valence-corrected chi connectivity index (χ1v) is 6.84. The van der Waals surface area contributed by atoms with Crippen LogP contribution in [0, 0.1) is 12.3 Å². The molecule has 0 aliphatic carbocycles. The smallest absolute Gasteiger partial charge is 0.330 e. The van der Waals surface area contributed by atoms with Gasteiger partial charge in [-0.15, -0.1) is 6.42 Å². The van der Waals surface area contributed by atoms with Gasteiger partial charge in [-0.3, -0.25) is 14.3 Å². The van der Waals surface area contributed by atoms with E-state index in [9.17, 15) is 19.1 Å². The number of H-pyrrole nitrogens is 1. The highest BCUT2D eigenvalue weighted by atomic mass is 127. The summed E-state index contributed by atoms with van der Waals surface area (Å²) in [6, 6.07) is 1.05. The van der Waals surface area contributed by atoms with E-state index in [4.69, 9.17) is 11.2 Å². The third kappa shape index (κ3) is 2.22. The first-order chi connectivity index (χ1) is 8.93. The molecule has 0 radical (unpaired) electrons. The molecule has 0 unspecified atom stereocenters. The van der Waals surface area contributed by atoms with Crippen LogP contribution >= 0.6 is 22.6 Å². The van der Waals surface area contributed by atoms with Crippen molar-refractivity contribution in [2.45, 2.75) is 24.1 Å². The zero-order chi connectivity index (χ0) is 14.2. The number of halogens is 2. The minimum atomic E-state index is -2.53. The molecule has 0 amide bonds. The zero-order valence-electron chi connectivity index (χ0n) is 9.55. The van der Waals surface area contributed by atoms with Gasteiger partial charge in [0.1, 0.15) is 6.10 Å². The summed E-state index contributed by atoms with van der Waals surface area (Å²) < 4.78 is 21.1. The van der Waals surface area contributed by atoms with Crippen molar-refractivity contribution >= 4 is 22.6 Å². The van der Waals surface area contributed by atoms with Crippen LogP contribution in [0.4, 0.5) is 4.39 Å². The molecular weight excluding hydrogens is 370 g/mol. The average molecular weight is 380 g/mol. The van der Waals surface area contributed by atoms with Gasteiger partial charge < -0.3 is 9.84 Å². The van der Waals surface area contributed by atoms with E-state index < -0.39 is 35.4 Å². The van der Waals surface area contributed by atoms with Crippen molar-refractivity contribution in [1.29, 1.82) is 0 Å². The van der Waals surface area contributed by atoms with E-state index in [1.54, 1.807) is 0 Å². The van der Waals surface area contributed by atoms with Gasteiger partial charge in [-0.05, 0) is 0 Å². The predicted octanol–water partition coefficient (Wildman–Crippen LogP) is -0.429. The predicted molar refractivity (Wildman–Crippen MR) is 72.8 cm³/mol. The van der Waals surface area contributed by atoms with Crippen LogP contribution in [0.15, 0.2) is 21.9 Å². The summed E-state index contributed by atoms with van der Waals surface area (Å²) in [4.78, 5) is 24.6. The van der Waals surface area contributed by atoms with Crippen LogP contribution in [0.2, 0.25) is 0 Å². The van der Waals surface area contributed by atoms with Crippen molar-refractivity contribution in [2.24, 2.45) is 0 Å². The van der Waals surface area contributed by atoms with E-state index in [1.807, 2.05) is 33.5 Å². The Labute approximate surface area is 120 Å². The summed E-state index contributed by atoms with van der Waals surface area (Å²) in [6.45, 7) is 0. The molecule has 2 rings (SSSR count). The lowest BCUT2D eigenvalue weighted by Gasteiger charge is -2.23. The maximum atomic E-state index is 14.6. The van der Waals surface area contributed by atoms with E-state index in [1.165, 1.54) is 0 Å². The number of hydrogen-bond acceptors (Lipinski definition) is 4. The Hall–Kier alpha value is -1.18. The molecule has 1 saturated heterocycles. The summed E-state index contributed by atoms with van der Waals surface area (Å²) in [5.41, 5.74) is -4.00. The number of aromatic amines is 1. The average Bonchev–Trinajstić information content (AvgIpc) is 2.63. The third-order valence-electron chi connectivity index (χ3n) is 2.92. The topological polar surface area (TPSA) is 84.3 Å². The Morgan fingerprint density at radius 1 is 1.68 bits per heavy atom. The maximum Gasteiger partial charge on any atom is 0.330 e. The number of nitrogens with one attached hydrogen (secondary N) is 1. The fourth-order valence-electron chi connectivity index (χ4n) is 1.91. The van der Waals surface area contributed by atoms with Crippen LogP contribution < -0.4 is 11.2 Å². The third-order valence-corrected chi connectivity index (χ3v) is 3.79. The number of aliphatic hydroxyl groups excluding tert-OH is 1. The standard InChI is InChI=1S/C11H10FIN2O4/c1-2-11(12)8(17)6(5-13)19-9(11)15-4-3-7(16)14-10(15)18/h1,3-4,6,8-9,17H,5H2,(H,14,16,18)/t6-,8-,9-,11-/m1/s1. The van der Waals surface area contributed by atoms with Crippen LogP contribution in [-0.2, 0) is 4.74 Å². The Morgan fingerprint density at radius 3 is 2.89 bits per heavy atom. The van der Waals surface area contributed by atoms with Gasteiger partial charge in [-0.2, -0.15) is 0 Å². The number of nitrogens with zero attached hydrogens (tertiary/aromatic N) is 1. The zero-order valence-corrected chi connectivity index (χ0v) is 11.7. The molecule has 19 heavy (non-hydrogen) atoms. The Kier molecular flexibility index (Phi) is 3.80. The summed E-state index contributed by atoms with van der Waals surface area (Å²) in [6.07, 6.45) is 2.36. The molecule has 1 fully saturated rings. The molecule has 0 saturated carbocycles. The SMILES string of the molecule is C#C[C@@]1(F)[C@H](O)[C@@H](CI)O[C@H]1n1ccc(=O)[nH]c1=O. The normalized spacial score (nSPS) is 34.1. The maximum absolute atomic E-state index is 14.6. The van der Waals surface area contributed by atoms with Crippen LogP contribution in [0.25, 0.3) is 0 Å². The van der Waals surface area contributed by atoms with Crippen molar-refractivity contribution in [3.63, 3.8) is 0 Å². The van der Waals surface area contributed by atoms with E-state index in [2.05, 4.69) is 0 Å². The van der Waals surface area contributed by atoms with Crippen molar-refractivity contribution in [3.05, 3.63) is 33.1 Å². The molecular formula is C11H10FIN2O4. The van der Waals surface area contributed by atoms with E-state index in [-0.39, 0.29) is 0 Å². The number of aliphatic hydroxyl groups is 1. The molecule has 1 aliphatic rings. The largest absolute Gasteiger partial charge is 0.386 e. The minimum Gasteiger partial charge on any atom is -0.386 e.